The molecule has 1 aromatic heterocycles. The van der Waals surface area contributed by atoms with Gasteiger partial charge in [-0.05, 0) is 17.7 Å². The zero-order valence-electron chi connectivity index (χ0n) is 15.8. The van der Waals surface area contributed by atoms with Crippen LogP contribution < -0.4 is 11.2 Å². The highest BCUT2D eigenvalue weighted by molar-refractivity contribution is 6.30. The summed E-state index contributed by atoms with van der Waals surface area (Å²) in [5.41, 5.74) is 1.76. The first-order valence-corrected chi connectivity index (χ1v) is 9.21. The Morgan fingerprint density at radius 2 is 1.62 bits per heavy atom. The Kier molecular flexibility index (Phi) is 3.52. The van der Waals surface area contributed by atoms with E-state index >= 15 is 0 Å². The molecule has 2 aromatic carbocycles. The van der Waals surface area contributed by atoms with E-state index in [0.717, 1.165) is 4.57 Å². The monoisotopic (exact) mass is 387 g/mol. The van der Waals surface area contributed by atoms with Crippen LogP contribution in [0, 0.1) is 5.92 Å². The highest BCUT2D eigenvalue weighted by atomic mass is 16.3. The second-order valence-corrected chi connectivity index (χ2v) is 7.40. The summed E-state index contributed by atoms with van der Waals surface area (Å²) in [5.74, 6) is -1.17. The van der Waals surface area contributed by atoms with Crippen molar-refractivity contribution in [2.75, 3.05) is 0 Å². The summed E-state index contributed by atoms with van der Waals surface area (Å²) >= 11 is 0. The Morgan fingerprint density at radius 1 is 0.897 bits per heavy atom. The zero-order valence-corrected chi connectivity index (χ0v) is 15.8. The van der Waals surface area contributed by atoms with E-state index in [1.807, 2.05) is 12.1 Å². The van der Waals surface area contributed by atoms with Crippen molar-refractivity contribution in [3.05, 3.63) is 91.6 Å². The van der Waals surface area contributed by atoms with E-state index in [2.05, 4.69) is 4.99 Å². The van der Waals surface area contributed by atoms with Crippen molar-refractivity contribution in [2.24, 2.45) is 25.0 Å². The van der Waals surface area contributed by atoms with Crippen LogP contribution in [0.15, 0.2) is 63.1 Å². The third kappa shape index (κ3) is 2.24. The molecule has 144 valence electrons. The molecule has 1 N–H and O–H groups in total. The summed E-state index contributed by atoms with van der Waals surface area (Å²) in [4.78, 5) is 43.6. The van der Waals surface area contributed by atoms with Crippen LogP contribution in [-0.2, 0) is 14.1 Å². The van der Waals surface area contributed by atoms with Crippen molar-refractivity contribution < 1.29 is 9.90 Å². The van der Waals surface area contributed by atoms with Gasteiger partial charge in [-0.2, -0.15) is 0 Å². The number of aliphatic imine (C=N–C) groups is 1. The molecular weight excluding hydrogens is 370 g/mol. The van der Waals surface area contributed by atoms with E-state index in [4.69, 9.17) is 0 Å². The van der Waals surface area contributed by atoms with Crippen LogP contribution in [-0.4, -0.2) is 25.7 Å². The first-order valence-electron chi connectivity index (χ1n) is 9.21. The smallest absolute Gasteiger partial charge is 0.332 e. The fourth-order valence-corrected chi connectivity index (χ4v) is 4.44. The van der Waals surface area contributed by atoms with Gasteiger partial charge in [0.25, 0.3) is 5.56 Å². The van der Waals surface area contributed by atoms with Gasteiger partial charge in [-0.3, -0.25) is 18.7 Å². The van der Waals surface area contributed by atoms with E-state index in [0.29, 0.717) is 22.4 Å². The number of hydrogen-bond donors (Lipinski definition) is 1. The fourth-order valence-electron chi connectivity index (χ4n) is 4.44. The molecule has 3 aromatic rings. The molecule has 0 amide bonds. The van der Waals surface area contributed by atoms with Crippen molar-refractivity contribution in [2.45, 2.75) is 5.92 Å². The fraction of sp³-hybridized carbons (Fsp3) is 0.182. The van der Waals surface area contributed by atoms with Crippen LogP contribution in [0.25, 0.3) is 0 Å². The lowest BCUT2D eigenvalue weighted by atomic mass is 9.76. The van der Waals surface area contributed by atoms with Gasteiger partial charge < -0.3 is 5.11 Å². The minimum atomic E-state index is -0.688. The van der Waals surface area contributed by atoms with Gasteiger partial charge in [0.2, 0.25) is 0 Å². The average Bonchev–Trinajstić information content (AvgIpc) is 3.01. The van der Waals surface area contributed by atoms with Crippen LogP contribution in [0.4, 0.5) is 5.82 Å². The third-order valence-electron chi connectivity index (χ3n) is 5.81. The average molecular weight is 387 g/mol. The van der Waals surface area contributed by atoms with Gasteiger partial charge in [-0.1, -0.05) is 36.4 Å². The lowest BCUT2D eigenvalue weighted by Gasteiger charge is -2.29. The van der Waals surface area contributed by atoms with E-state index in [-0.39, 0.29) is 22.9 Å². The molecule has 2 unspecified atom stereocenters. The number of rotatable bonds is 1. The quantitative estimate of drug-likeness (QED) is 0.690. The first-order chi connectivity index (χ1) is 13.9. The topological polar surface area (TPSA) is 93.7 Å². The number of Topliss-reactive ketones (excluding diaryl/α,β-unsaturated/α-hetero) is 1. The number of carbonyl (C=O) groups is 1. The molecule has 0 saturated carbocycles. The highest BCUT2D eigenvalue weighted by Gasteiger charge is 2.47. The van der Waals surface area contributed by atoms with Gasteiger partial charge in [-0.15, -0.1) is 0 Å². The number of benzene rings is 2. The predicted molar refractivity (Wildman–Crippen MR) is 107 cm³/mol. The van der Waals surface area contributed by atoms with Crippen LogP contribution in [0.5, 0.6) is 5.75 Å². The molecule has 0 fully saturated rings. The van der Waals surface area contributed by atoms with Crippen LogP contribution >= 0.6 is 0 Å². The maximum Gasteiger partial charge on any atom is 0.332 e. The van der Waals surface area contributed by atoms with Crippen molar-refractivity contribution >= 4 is 17.3 Å². The summed E-state index contributed by atoms with van der Waals surface area (Å²) in [6.45, 7) is 0. The standard InChI is InChI=1S/C22H17N3O4/c1-24-20-17(21(28)25(2)22(24)29)15(11-6-5-7-12(26)10-11)16-18(23-20)13-8-3-4-9-14(13)19(16)27/h3-10,15-16,26H,1-2H3. The van der Waals surface area contributed by atoms with E-state index in [9.17, 15) is 19.5 Å². The van der Waals surface area contributed by atoms with Gasteiger partial charge >= 0.3 is 5.69 Å². The number of ketones is 1. The van der Waals surface area contributed by atoms with E-state index in [1.54, 1.807) is 37.4 Å². The Morgan fingerprint density at radius 3 is 2.34 bits per heavy atom. The normalized spacial score (nSPS) is 19.4. The van der Waals surface area contributed by atoms with Gasteiger partial charge in [-0.25, -0.2) is 9.79 Å². The Hall–Kier alpha value is -3.74. The molecule has 2 atom stereocenters. The molecule has 0 radical (unpaired) electrons. The second-order valence-electron chi connectivity index (χ2n) is 7.40. The Labute approximate surface area is 165 Å². The lowest BCUT2D eigenvalue weighted by molar-refractivity contribution is 0.0953. The highest BCUT2D eigenvalue weighted by Crippen LogP contribution is 2.46. The molecule has 1 aliphatic heterocycles. The van der Waals surface area contributed by atoms with Gasteiger partial charge in [0, 0.05) is 31.1 Å². The molecule has 0 spiro atoms. The van der Waals surface area contributed by atoms with Crippen LogP contribution in [0.3, 0.4) is 0 Å². The lowest BCUT2D eigenvalue weighted by Crippen LogP contribution is -2.43. The second kappa shape index (κ2) is 5.88. The Balaban J connectivity index is 1.92. The van der Waals surface area contributed by atoms with Crippen molar-refractivity contribution in [3.63, 3.8) is 0 Å². The number of phenols is 1. The molecule has 29 heavy (non-hydrogen) atoms. The number of phenolic OH excluding ortho intramolecular Hbond substituents is 1. The van der Waals surface area contributed by atoms with Crippen LogP contribution in [0.2, 0.25) is 0 Å². The van der Waals surface area contributed by atoms with E-state index in [1.165, 1.54) is 17.7 Å². The van der Waals surface area contributed by atoms with E-state index < -0.39 is 23.1 Å². The maximum absolute atomic E-state index is 13.3. The van der Waals surface area contributed by atoms with Crippen molar-refractivity contribution in [3.8, 4) is 5.75 Å². The number of hydrogen-bond acceptors (Lipinski definition) is 5. The third-order valence-corrected chi connectivity index (χ3v) is 5.81. The molecule has 2 heterocycles. The summed E-state index contributed by atoms with van der Waals surface area (Å²) in [6.07, 6.45) is 0. The summed E-state index contributed by atoms with van der Waals surface area (Å²) in [7, 11) is 2.97. The maximum atomic E-state index is 13.3. The first kappa shape index (κ1) is 17.4. The number of aromatic nitrogens is 2. The predicted octanol–water partition coefficient (Wildman–Crippen LogP) is 1.87. The SMILES string of the molecule is Cn1c2c(c(=O)n(C)c1=O)C(c1cccc(O)c1)C1C(=O)c3ccccc3C1=N2. The molecular formula is C22H17N3O4. The summed E-state index contributed by atoms with van der Waals surface area (Å²) < 4.78 is 2.36. The van der Waals surface area contributed by atoms with Crippen molar-refractivity contribution in [1.82, 2.24) is 9.13 Å². The molecule has 0 saturated heterocycles. The molecule has 5 rings (SSSR count). The van der Waals surface area contributed by atoms with Crippen molar-refractivity contribution in [1.29, 1.82) is 0 Å². The summed E-state index contributed by atoms with van der Waals surface area (Å²) in [6, 6.07) is 13.7. The molecule has 0 bridgehead atoms. The minimum Gasteiger partial charge on any atom is -0.508 e. The zero-order chi connectivity index (χ0) is 20.4. The number of aromatic hydroxyl groups is 1. The molecule has 2 aliphatic rings. The summed E-state index contributed by atoms with van der Waals surface area (Å²) in [5, 5.41) is 10.0. The largest absolute Gasteiger partial charge is 0.508 e. The number of carbonyl (C=O) groups excluding carboxylic acids is 1. The molecule has 7 heteroatoms. The molecule has 1 aliphatic carbocycles. The van der Waals surface area contributed by atoms with Crippen LogP contribution in [0.1, 0.15) is 33.0 Å². The molecule has 7 nitrogen and oxygen atoms in total. The van der Waals surface area contributed by atoms with Gasteiger partial charge in [0.1, 0.15) is 11.6 Å². The van der Waals surface area contributed by atoms with Gasteiger partial charge in [0.15, 0.2) is 5.78 Å². The van der Waals surface area contributed by atoms with Gasteiger partial charge in [0.05, 0.1) is 17.2 Å². The minimum absolute atomic E-state index is 0.0396. The number of nitrogens with zero attached hydrogens (tertiary/aromatic N) is 3. The Bertz CT molecular complexity index is 1360. The number of fused-ring (bicyclic) bond motifs is 4.